The van der Waals surface area contributed by atoms with E-state index in [0.717, 1.165) is 11.1 Å². The summed E-state index contributed by atoms with van der Waals surface area (Å²) in [6.07, 6.45) is -0.458. The van der Waals surface area contributed by atoms with Crippen LogP contribution in [0.2, 0.25) is 0 Å². The fourth-order valence-corrected chi connectivity index (χ4v) is 2.06. The van der Waals surface area contributed by atoms with Crippen molar-refractivity contribution in [2.45, 2.75) is 13.2 Å². The highest BCUT2D eigenvalue weighted by Gasteiger charge is 2.16. The molecule has 0 saturated carbocycles. The van der Waals surface area contributed by atoms with Crippen molar-refractivity contribution < 1.29 is 24.0 Å². The Kier molecular flexibility index (Phi) is 4.00. The van der Waals surface area contributed by atoms with Gasteiger partial charge in [-0.2, -0.15) is 4.89 Å². The van der Waals surface area contributed by atoms with Crippen molar-refractivity contribution in [3.63, 3.8) is 0 Å². The molecule has 0 unspecified atom stereocenters. The van der Waals surface area contributed by atoms with Gasteiger partial charge in [0.15, 0.2) is 5.75 Å². The summed E-state index contributed by atoms with van der Waals surface area (Å²) in [5, 5.41) is 1.79. The second-order valence-electron chi connectivity index (χ2n) is 4.57. The van der Waals surface area contributed by atoms with Gasteiger partial charge in [0.25, 0.3) is 0 Å². The summed E-state index contributed by atoms with van der Waals surface area (Å²) in [5.74, 6) is 0.714. The smallest absolute Gasteiger partial charge is 0.422 e. The number of ether oxygens (including phenoxy) is 2. The van der Waals surface area contributed by atoms with Crippen LogP contribution in [0.1, 0.15) is 11.1 Å². The minimum Gasteiger partial charge on any atom is -0.444 e. The van der Waals surface area contributed by atoms with E-state index in [1.54, 1.807) is 11.1 Å². The summed E-state index contributed by atoms with van der Waals surface area (Å²) in [5.41, 5.74) is 4.54. The van der Waals surface area contributed by atoms with Crippen molar-refractivity contribution in [2.24, 2.45) is 0 Å². The van der Waals surface area contributed by atoms with Crippen molar-refractivity contribution in [2.75, 3.05) is 26.3 Å². The van der Waals surface area contributed by atoms with E-state index in [4.69, 9.17) is 19.2 Å². The molecule has 1 N–H and O–H groups in total. The highest BCUT2D eigenvalue weighted by Crippen LogP contribution is 2.26. The molecule has 0 bridgehead atoms. The molecule has 3 rings (SSSR count). The third kappa shape index (κ3) is 3.19. The maximum Gasteiger partial charge on any atom is 0.422 e. The molecule has 0 radical (unpaired) electrons. The van der Waals surface area contributed by atoms with E-state index in [9.17, 15) is 4.79 Å². The molecule has 0 atom stereocenters. The minimum absolute atomic E-state index is 0.212. The molecule has 2 aliphatic rings. The summed E-state index contributed by atoms with van der Waals surface area (Å²) in [6, 6.07) is 5.56. The van der Waals surface area contributed by atoms with Crippen molar-refractivity contribution in [3.8, 4) is 5.75 Å². The Balaban J connectivity index is 1.47. The molecule has 1 amide bonds. The molecule has 2 aliphatic heterocycles. The van der Waals surface area contributed by atoms with Crippen LogP contribution < -0.4 is 10.3 Å². The number of rotatable bonds is 3. The normalized spacial score (nSPS) is 18.2. The topological polar surface area (TPSA) is 69.3 Å². The van der Waals surface area contributed by atoms with E-state index in [-0.39, 0.29) is 6.61 Å². The molecule has 1 fully saturated rings. The van der Waals surface area contributed by atoms with Gasteiger partial charge in [-0.1, -0.05) is 6.07 Å². The minimum atomic E-state index is -0.458. The molecule has 108 valence electrons. The zero-order chi connectivity index (χ0) is 13.8. The van der Waals surface area contributed by atoms with Crippen LogP contribution >= 0.6 is 0 Å². The molecule has 7 nitrogen and oxygen atoms in total. The van der Waals surface area contributed by atoms with Gasteiger partial charge in [-0.15, -0.1) is 0 Å². The lowest BCUT2D eigenvalue weighted by Crippen LogP contribution is -2.48. The van der Waals surface area contributed by atoms with Gasteiger partial charge in [0.05, 0.1) is 13.2 Å². The van der Waals surface area contributed by atoms with Gasteiger partial charge in [0.1, 0.15) is 13.2 Å². The SMILES string of the molecule is O=C(NN1CCOCC1)OCc1ccc2c(c1)COO2. The van der Waals surface area contributed by atoms with Crippen LogP contribution in [0.5, 0.6) is 5.75 Å². The summed E-state index contributed by atoms with van der Waals surface area (Å²) >= 11 is 0. The van der Waals surface area contributed by atoms with Crippen LogP contribution in [-0.4, -0.2) is 37.4 Å². The lowest BCUT2D eigenvalue weighted by atomic mass is 10.1. The predicted octanol–water partition coefficient (Wildman–Crippen LogP) is 0.984. The van der Waals surface area contributed by atoms with E-state index in [1.807, 2.05) is 12.1 Å². The zero-order valence-electron chi connectivity index (χ0n) is 11.0. The fraction of sp³-hybridized carbons (Fsp3) is 0.462. The van der Waals surface area contributed by atoms with Crippen molar-refractivity contribution >= 4 is 6.09 Å². The van der Waals surface area contributed by atoms with Gasteiger partial charge in [-0.3, -0.25) is 5.43 Å². The summed E-state index contributed by atoms with van der Waals surface area (Å²) < 4.78 is 10.4. The monoisotopic (exact) mass is 280 g/mol. The Morgan fingerprint density at radius 1 is 1.35 bits per heavy atom. The number of fused-ring (bicyclic) bond motifs is 1. The number of benzene rings is 1. The molecule has 2 heterocycles. The quantitative estimate of drug-likeness (QED) is 0.833. The molecular formula is C13H16N2O5. The standard InChI is InChI=1S/C13H16N2O5/c16-13(14-15-3-5-17-6-4-15)18-8-10-1-2-12-11(7-10)9-19-20-12/h1-2,7H,3-6,8-9H2,(H,14,16). The van der Waals surface area contributed by atoms with E-state index in [2.05, 4.69) is 5.43 Å². The Labute approximate surface area is 116 Å². The average molecular weight is 280 g/mol. The van der Waals surface area contributed by atoms with Crippen molar-refractivity contribution in [1.82, 2.24) is 10.4 Å². The van der Waals surface area contributed by atoms with Crippen LogP contribution in [-0.2, 0) is 27.6 Å². The molecule has 1 aromatic rings. The molecular weight excluding hydrogens is 264 g/mol. The Morgan fingerprint density at radius 2 is 2.20 bits per heavy atom. The lowest BCUT2D eigenvalue weighted by Gasteiger charge is -2.26. The second-order valence-corrected chi connectivity index (χ2v) is 4.57. The summed E-state index contributed by atoms with van der Waals surface area (Å²) in [6.45, 7) is 3.20. The first-order chi connectivity index (χ1) is 9.81. The van der Waals surface area contributed by atoms with Crippen LogP contribution in [0.3, 0.4) is 0 Å². The largest absolute Gasteiger partial charge is 0.444 e. The van der Waals surface area contributed by atoms with Gasteiger partial charge in [0.2, 0.25) is 0 Å². The van der Waals surface area contributed by atoms with Crippen LogP contribution in [0.25, 0.3) is 0 Å². The van der Waals surface area contributed by atoms with Crippen LogP contribution in [0.4, 0.5) is 4.79 Å². The molecule has 1 aromatic carbocycles. The highest BCUT2D eigenvalue weighted by atomic mass is 17.2. The summed E-state index contributed by atoms with van der Waals surface area (Å²) in [7, 11) is 0. The number of hydrazine groups is 1. The molecule has 0 aliphatic carbocycles. The number of hydrogen-bond donors (Lipinski definition) is 1. The van der Waals surface area contributed by atoms with E-state index in [0.29, 0.717) is 38.7 Å². The van der Waals surface area contributed by atoms with Gasteiger partial charge in [-0.25, -0.2) is 9.80 Å². The summed E-state index contributed by atoms with van der Waals surface area (Å²) in [4.78, 5) is 21.5. The molecule has 7 heteroatoms. The second kappa shape index (κ2) is 6.08. The third-order valence-electron chi connectivity index (χ3n) is 3.12. The van der Waals surface area contributed by atoms with Gasteiger partial charge >= 0.3 is 6.09 Å². The van der Waals surface area contributed by atoms with Crippen molar-refractivity contribution in [1.29, 1.82) is 0 Å². The first-order valence-corrected chi connectivity index (χ1v) is 6.48. The van der Waals surface area contributed by atoms with Crippen molar-refractivity contribution in [3.05, 3.63) is 29.3 Å². The predicted molar refractivity (Wildman–Crippen MR) is 67.6 cm³/mol. The first kappa shape index (κ1) is 13.2. The molecule has 20 heavy (non-hydrogen) atoms. The van der Waals surface area contributed by atoms with Crippen LogP contribution in [0.15, 0.2) is 18.2 Å². The molecule has 1 saturated heterocycles. The number of morpholine rings is 1. The number of nitrogens with one attached hydrogen (secondary N) is 1. The Hall–Kier alpha value is -1.83. The number of carbonyl (C=O) groups excluding carboxylic acids is 1. The highest BCUT2D eigenvalue weighted by molar-refractivity contribution is 5.66. The van der Waals surface area contributed by atoms with E-state index < -0.39 is 6.09 Å². The van der Waals surface area contributed by atoms with Gasteiger partial charge in [0, 0.05) is 18.7 Å². The maximum atomic E-state index is 11.7. The van der Waals surface area contributed by atoms with Crippen LogP contribution in [0, 0.1) is 0 Å². The molecule has 0 aromatic heterocycles. The molecule has 0 spiro atoms. The first-order valence-electron chi connectivity index (χ1n) is 6.48. The lowest BCUT2D eigenvalue weighted by molar-refractivity contribution is -0.194. The van der Waals surface area contributed by atoms with Gasteiger partial charge in [-0.05, 0) is 17.7 Å². The number of hydrogen-bond acceptors (Lipinski definition) is 6. The Morgan fingerprint density at radius 3 is 3.05 bits per heavy atom. The average Bonchev–Trinajstić information content (AvgIpc) is 2.93. The number of nitrogens with zero attached hydrogens (tertiary/aromatic N) is 1. The number of amides is 1. The van der Waals surface area contributed by atoms with Gasteiger partial charge < -0.3 is 14.4 Å². The number of carbonyl (C=O) groups is 1. The Bertz CT molecular complexity index is 488. The third-order valence-corrected chi connectivity index (χ3v) is 3.12. The zero-order valence-corrected chi connectivity index (χ0v) is 11.0. The van der Waals surface area contributed by atoms with E-state index in [1.165, 1.54) is 0 Å². The maximum absolute atomic E-state index is 11.7. The van der Waals surface area contributed by atoms with E-state index >= 15 is 0 Å². The fourth-order valence-electron chi connectivity index (χ4n) is 2.06.